The Balaban J connectivity index is 1.55. The second-order valence-electron chi connectivity index (χ2n) is 8.28. The van der Waals surface area contributed by atoms with E-state index in [0.29, 0.717) is 33.7 Å². The second kappa shape index (κ2) is 8.21. The summed E-state index contributed by atoms with van der Waals surface area (Å²) >= 11 is 0. The number of fused-ring (bicyclic) bond motifs is 1. The molecule has 1 saturated heterocycles. The molecule has 0 radical (unpaired) electrons. The minimum absolute atomic E-state index is 0.278. The lowest BCUT2D eigenvalue weighted by atomic mass is 10.2. The Labute approximate surface area is 188 Å². The summed E-state index contributed by atoms with van der Waals surface area (Å²) in [6.07, 6.45) is 1.54. The van der Waals surface area contributed by atoms with Crippen molar-refractivity contribution in [2.75, 3.05) is 38.1 Å². The third-order valence-corrected chi connectivity index (χ3v) is 5.99. The van der Waals surface area contributed by atoms with Gasteiger partial charge in [0, 0.05) is 38.1 Å². The van der Waals surface area contributed by atoms with Crippen molar-refractivity contribution < 1.29 is 4.39 Å². The monoisotopic (exact) mass is 449 g/mol. The van der Waals surface area contributed by atoms with Crippen LogP contribution >= 0.6 is 0 Å². The zero-order chi connectivity index (χ0) is 23.1. The molecule has 0 spiro atoms. The topological polar surface area (TPSA) is 105 Å². The molecule has 33 heavy (non-hydrogen) atoms. The highest BCUT2D eigenvalue weighted by atomic mass is 19.1. The van der Waals surface area contributed by atoms with Gasteiger partial charge in [-0.3, -0.25) is 14.9 Å². The molecule has 2 aromatic heterocycles. The number of H-pyrrole nitrogens is 3. The molecule has 9 nitrogen and oxygen atoms in total. The normalized spacial score (nSPS) is 15.2. The minimum atomic E-state index is -0.369. The summed E-state index contributed by atoms with van der Waals surface area (Å²) in [4.78, 5) is 39.6. The largest absolute Gasteiger partial charge is 0.367 e. The number of hydrogen-bond acceptors (Lipinski definition) is 5. The third kappa shape index (κ3) is 4.00. The maximum Gasteiger partial charge on any atom is 0.323 e. The average molecular weight is 449 g/mol. The van der Waals surface area contributed by atoms with Gasteiger partial charge in [-0.25, -0.2) is 13.9 Å². The van der Waals surface area contributed by atoms with Gasteiger partial charge in [0.2, 0.25) is 0 Å². The van der Waals surface area contributed by atoms with Crippen molar-refractivity contribution in [3.05, 3.63) is 74.3 Å². The molecule has 0 aliphatic carbocycles. The van der Waals surface area contributed by atoms with Crippen molar-refractivity contribution in [1.82, 2.24) is 24.6 Å². The predicted octanol–water partition coefficient (Wildman–Crippen LogP) is 2.29. The Hall–Kier alpha value is -3.92. The summed E-state index contributed by atoms with van der Waals surface area (Å²) in [5.74, 6) is -0.369. The van der Waals surface area contributed by atoms with Crippen LogP contribution in [0.2, 0.25) is 0 Å². The van der Waals surface area contributed by atoms with Gasteiger partial charge in [-0.2, -0.15) is 0 Å². The van der Waals surface area contributed by atoms with Crippen molar-refractivity contribution in [2.45, 2.75) is 6.92 Å². The molecule has 0 bridgehead atoms. The van der Waals surface area contributed by atoms with Gasteiger partial charge in [0.25, 0.3) is 5.56 Å². The lowest BCUT2D eigenvalue weighted by Gasteiger charge is -2.34. The van der Waals surface area contributed by atoms with E-state index in [2.05, 4.69) is 36.9 Å². The van der Waals surface area contributed by atoms with E-state index in [4.69, 9.17) is 0 Å². The van der Waals surface area contributed by atoms with Crippen molar-refractivity contribution in [3.63, 3.8) is 0 Å². The highest BCUT2D eigenvalue weighted by Gasteiger charge is 2.19. The fourth-order valence-corrected chi connectivity index (χ4v) is 4.08. The van der Waals surface area contributed by atoms with Crippen LogP contribution in [0.25, 0.3) is 16.7 Å². The van der Waals surface area contributed by atoms with Gasteiger partial charge in [0.15, 0.2) is 0 Å². The number of rotatable bonds is 4. The highest BCUT2D eigenvalue weighted by Crippen LogP contribution is 2.32. The summed E-state index contributed by atoms with van der Waals surface area (Å²) in [7, 11) is 2.09. The number of nitrogens with one attached hydrogen (secondary N) is 3. The van der Waals surface area contributed by atoms with Crippen LogP contribution < -0.4 is 16.1 Å². The summed E-state index contributed by atoms with van der Waals surface area (Å²) < 4.78 is 14.6. The fourth-order valence-electron chi connectivity index (χ4n) is 4.08. The Bertz CT molecular complexity index is 1450. The van der Waals surface area contributed by atoms with Crippen molar-refractivity contribution >= 4 is 28.6 Å². The number of hydrogen-bond donors (Lipinski definition) is 3. The van der Waals surface area contributed by atoms with Crippen LogP contribution in [0, 0.1) is 12.7 Å². The van der Waals surface area contributed by atoms with E-state index >= 15 is 0 Å². The van der Waals surface area contributed by atoms with Crippen molar-refractivity contribution in [1.29, 1.82) is 0 Å². The lowest BCUT2D eigenvalue weighted by Crippen LogP contribution is -2.44. The molecular formula is C23H24FN7O2. The molecule has 4 aromatic rings. The predicted molar refractivity (Wildman–Crippen MR) is 127 cm³/mol. The molecule has 0 unspecified atom stereocenters. The molecule has 170 valence electrons. The SMILES string of the molecule is Cc1[nH]n(-c2ccc(F)cc2)c(=O)c1C=Nc1cc2[nH]c(=O)[nH]c2cc1N1CCN(C)CC1. The Morgan fingerprint density at radius 3 is 2.36 bits per heavy atom. The first kappa shape index (κ1) is 21.0. The van der Waals surface area contributed by atoms with Gasteiger partial charge in [-0.15, -0.1) is 0 Å². The van der Waals surface area contributed by atoms with Gasteiger partial charge < -0.3 is 19.8 Å². The summed E-state index contributed by atoms with van der Waals surface area (Å²) in [5, 5.41) is 3.02. The molecule has 1 aliphatic heterocycles. The summed E-state index contributed by atoms with van der Waals surface area (Å²) in [6.45, 7) is 5.30. The standard InChI is InChI=1S/C23H24FN7O2/c1-14-17(22(32)31(28-14)16-5-3-15(24)4-6-16)13-25-20-11-18-19(27-23(33)26-18)12-21(20)30-9-7-29(2)8-10-30/h3-6,11-13,28H,7-10H2,1-2H3,(H2,26,27,33). The first-order chi connectivity index (χ1) is 15.9. The molecule has 0 amide bonds. The number of aromatic amines is 3. The molecule has 10 heteroatoms. The minimum Gasteiger partial charge on any atom is -0.367 e. The molecule has 3 N–H and O–H groups in total. The number of aryl methyl sites for hydroxylation is 1. The van der Waals surface area contributed by atoms with Crippen LogP contribution in [-0.2, 0) is 0 Å². The first-order valence-electron chi connectivity index (χ1n) is 10.7. The molecule has 3 heterocycles. The maximum absolute atomic E-state index is 13.3. The van der Waals surface area contributed by atoms with Crippen LogP contribution in [0.15, 0.2) is 51.0 Å². The zero-order valence-corrected chi connectivity index (χ0v) is 18.4. The highest BCUT2D eigenvalue weighted by molar-refractivity contribution is 5.91. The first-order valence-corrected chi connectivity index (χ1v) is 10.7. The number of benzene rings is 2. The van der Waals surface area contributed by atoms with E-state index < -0.39 is 0 Å². The van der Waals surface area contributed by atoms with Crippen LogP contribution in [-0.4, -0.2) is 64.1 Å². The Morgan fingerprint density at radius 1 is 1.00 bits per heavy atom. The Kier molecular flexibility index (Phi) is 5.21. The van der Waals surface area contributed by atoms with E-state index in [-0.39, 0.29) is 17.1 Å². The number of nitrogens with zero attached hydrogens (tertiary/aromatic N) is 4. The van der Waals surface area contributed by atoms with E-state index in [1.807, 2.05) is 12.1 Å². The average Bonchev–Trinajstić information content (AvgIpc) is 3.30. The second-order valence-corrected chi connectivity index (χ2v) is 8.28. The van der Waals surface area contributed by atoms with Gasteiger partial charge in [0.1, 0.15) is 5.82 Å². The molecule has 5 rings (SSSR count). The summed E-state index contributed by atoms with van der Waals surface area (Å²) in [5.41, 5.74) is 3.96. The summed E-state index contributed by atoms with van der Waals surface area (Å²) in [6, 6.07) is 9.43. The Morgan fingerprint density at radius 2 is 1.67 bits per heavy atom. The van der Waals surface area contributed by atoms with Crippen molar-refractivity contribution in [3.8, 4) is 5.69 Å². The number of halogens is 1. The number of anilines is 1. The fraction of sp³-hybridized carbons (Fsp3) is 0.261. The zero-order valence-electron chi connectivity index (χ0n) is 18.4. The van der Waals surface area contributed by atoms with Crippen LogP contribution in [0.1, 0.15) is 11.3 Å². The molecule has 1 fully saturated rings. The van der Waals surface area contributed by atoms with Gasteiger partial charge >= 0.3 is 5.69 Å². The lowest BCUT2D eigenvalue weighted by molar-refractivity contribution is 0.313. The van der Waals surface area contributed by atoms with E-state index in [1.165, 1.54) is 28.9 Å². The van der Waals surface area contributed by atoms with Crippen LogP contribution in [0.5, 0.6) is 0 Å². The van der Waals surface area contributed by atoms with Crippen LogP contribution in [0.4, 0.5) is 15.8 Å². The number of imidazole rings is 1. The molecule has 1 aliphatic rings. The molecule has 0 atom stereocenters. The van der Waals surface area contributed by atoms with E-state index in [9.17, 15) is 14.0 Å². The van der Waals surface area contributed by atoms with E-state index in [1.54, 1.807) is 13.1 Å². The van der Waals surface area contributed by atoms with Gasteiger partial charge in [0.05, 0.1) is 33.7 Å². The van der Waals surface area contributed by atoms with E-state index in [0.717, 1.165) is 31.9 Å². The number of aromatic nitrogens is 4. The molecular weight excluding hydrogens is 425 g/mol. The smallest absolute Gasteiger partial charge is 0.323 e. The number of piperazine rings is 1. The number of aliphatic imine (C=N–C) groups is 1. The quantitative estimate of drug-likeness (QED) is 0.416. The van der Waals surface area contributed by atoms with Gasteiger partial charge in [-0.1, -0.05) is 0 Å². The van der Waals surface area contributed by atoms with Gasteiger partial charge in [-0.05, 0) is 50.4 Å². The molecule has 0 saturated carbocycles. The van der Waals surface area contributed by atoms with Crippen molar-refractivity contribution in [2.24, 2.45) is 4.99 Å². The van der Waals surface area contributed by atoms with Crippen LogP contribution in [0.3, 0.4) is 0 Å². The third-order valence-electron chi connectivity index (χ3n) is 5.99. The maximum atomic E-state index is 13.3. The molecule has 2 aromatic carbocycles. The number of likely N-dealkylation sites (N-methyl/N-ethyl adjacent to an activating group) is 1.